The Labute approximate surface area is 88.7 Å². The van der Waals surface area contributed by atoms with Crippen molar-refractivity contribution >= 4 is 11.3 Å². The zero-order valence-corrected chi connectivity index (χ0v) is 9.31. The number of rotatable bonds is 3. The molecule has 3 N–H and O–H groups in total. The Kier molecular flexibility index (Phi) is 3.15. The van der Waals surface area contributed by atoms with Gasteiger partial charge in [-0.25, -0.2) is 4.98 Å². The lowest BCUT2D eigenvalue weighted by Gasteiger charge is -2.04. The predicted octanol–water partition coefficient (Wildman–Crippen LogP) is 1.31. The maximum Gasteiger partial charge on any atom is 0.0932 e. The van der Waals surface area contributed by atoms with Crippen LogP contribution >= 0.6 is 11.3 Å². The molecule has 1 aliphatic rings. The van der Waals surface area contributed by atoms with Crippen molar-refractivity contribution in [3.05, 3.63) is 16.1 Å². The van der Waals surface area contributed by atoms with Gasteiger partial charge in [0.25, 0.3) is 0 Å². The molecular weight excluding hydrogens is 194 g/mol. The number of nitrogens with zero attached hydrogens (tertiary/aromatic N) is 1. The summed E-state index contributed by atoms with van der Waals surface area (Å²) < 4.78 is 0. The monoisotopic (exact) mass is 211 g/mol. The van der Waals surface area contributed by atoms with Crippen LogP contribution in [0.2, 0.25) is 0 Å². The van der Waals surface area contributed by atoms with E-state index in [-0.39, 0.29) is 6.04 Å². The number of hydrogen-bond acceptors (Lipinski definition) is 4. The van der Waals surface area contributed by atoms with Gasteiger partial charge in [0.1, 0.15) is 0 Å². The highest BCUT2D eigenvalue weighted by atomic mass is 32.1. The van der Waals surface area contributed by atoms with E-state index in [9.17, 15) is 0 Å². The minimum absolute atomic E-state index is 0.0710. The molecule has 0 saturated carbocycles. The lowest BCUT2D eigenvalue weighted by Crippen LogP contribution is -2.11. The molecule has 1 fully saturated rings. The van der Waals surface area contributed by atoms with E-state index in [1.807, 2.05) is 6.92 Å². The number of aromatic nitrogens is 1. The van der Waals surface area contributed by atoms with E-state index >= 15 is 0 Å². The number of nitrogens with two attached hydrogens (primary N) is 1. The largest absolute Gasteiger partial charge is 0.323 e. The normalized spacial score (nSPS) is 24.0. The van der Waals surface area contributed by atoms with Crippen LogP contribution in [0.4, 0.5) is 0 Å². The number of thiazole rings is 1. The van der Waals surface area contributed by atoms with E-state index in [0.717, 1.165) is 31.1 Å². The van der Waals surface area contributed by atoms with Crippen molar-refractivity contribution in [1.82, 2.24) is 10.3 Å². The van der Waals surface area contributed by atoms with Crippen molar-refractivity contribution in [1.29, 1.82) is 0 Å². The molecule has 0 aromatic carbocycles. The average molecular weight is 211 g/mol. The molecule has 1 aliphatic heterocycles. The minimum Gasteiger partial charge on any atom is -0.323 e. The molecule has 0 bridgehead atoms. The first-order valence-electron chi connectivity index (χ1n) is 5.16. The SMILES string of the molecule is CC(N)c1csc(CC2CCNC2)n1. The van der Waals surface area contributed by atoms with Gasteiger partial charge in [0.15, 0.2) is 0 Å². The van der Waals surface area contributed by atoms with Crippen molar-refractivity contribution in [2.75, 3.05) is 13.1 Å². The first kappa shape index (κ1) is 10.1. The van der Waals surface area contributed by atoms with E-state index in [2.05, 4.69) is 15.7 Å². The molecule has 0 radical (unpaired) electrons. The summed E-state index contributed by atoms with van der Waals surface area (Å²) in [4.78, 5) is 4.54. The topological polar surface area (TPSA) is 50.9 Å². The molecule has 2 heterocycles. The van der Waals surface area contributed by atoms with Crippen LogP contribution in [0.25, 0.3) is 0 Å². The van der Waals surface area contributed by atoms with Gasteiger partial charge in [-0.2, -0.15) is 0 Å². The van der Waals surface area contributed by atoms with Crippen molar-refractivity contribution in [3.63, 3.8) is 0 Å². The molecular formula is C10H17N3S. The Hall–Kier alpha value is -0.450. The van der Waals surface area contributed by atoms with Gasteiger partial charge in [-0.05, 0) is 32.4 Å². The molecule has 78 valence electrons. The molecule has 1 aromatic rings. The number of nitrogens with one attached hydrogen (secondary N) is 1. The van der Waals surface area contributed by atoms with Crippen LogP contribution in [-0.4, -0.2) is 18.1 Å². The summed E-state index contributed by atoms with van der Waals surface area (Å²) in [7, 11) is 0. The smallest absolute Gasteiger partial charge is 0.0932 e. The van der Waals surface area contributed by atoms with Crippen LogP contribution in [0.15, 0.2) is 5.38 Å². The number of hydrogen-bond donors (Lipinski definition) is 2. The molecule has 1 saturated heterocycles. The zero-order valence-electron chi connectivity index (χ0n) is 8.49. The fourth-order valence-electron chi connectivity index (χ4n) is 1.76. The summed E-state index contributed by atoms with van der Waals surface area (Å²) >= 11 is 1.75. The molecule has 0 amide bonds. The van der Waals surface area contributed by atoms with Gasteiger partial charge in [0, 0.05) is 17.8 Å². The van der Waals surface area contributed by atoms with Crippen molar-refractivity contribution in [2.45, 2.75) is 25.8 Å². The van der Waals surface area contributed by atoms with Gasteiger partial charge < -0.3 is 11.1 Å². The first-order valence-corrected chi connectivity index (χ1v) is 6.04. The Morgan fingerprint density at radius 2 is 2.64 bits per heavy atom. The average Bonchev–Trinajstić information content (AvgIpc) is 2.75. The second-order valence-corrected chi connectivity index (χ2v) is 4.96. The molecule has 0 aliphatic carbocycles. The maximum atomic E-state index is 5.77. The highest BCUT2D eigenvalue weighted by molar-refractivity contribution is 7.09. The third-order valence-electron chi connectivity index (χ3n) is 2.66. The summed E-state index contributed by atoms with van der Waals surface area (Å²) in [6.45, 7) is 4.29. The summed E-state index contributed by atoms with van der Waals surface area (Å²) in [5.41, 5.74) is 6.80. The van der Waals surface area contributed by atoms with Gasteiger partial charge in [-0.1, -0.05) is 0 Å². The fraction of sp³-hybridized carbons (Fsp3) is 0.700. The lowest BCUT2D eigenvalue weighted by molar-refractivity contribution is 0.576. The van der Waals surface area contributed by atoms with Crippen LogP contribution in [-0.2, 0) is 6.42 Å². The second kappa shape index (κ2) is 4.38. The van der Waals surface area contributed by atoms with Crippen LogP contribution in [0.5, 0.6) is 0 Å². The summed E-state index contributed by atoms with van der Waals surface area (Å²) in [6.07, 6.45) is 2.40. The lowest BCUT2D eigenvalue weighted by atomic mass is 10.1. The first-order chi connectivity index (χ1) is 6.75. The molecule has 1 aromatic heterocycles. The Balaban J connectivity index is 1.95. The van der Waals surface area contributed by atoms with Crippen molar-refractivity contribution in [2.24, 2.45) is 11.7 Å². The molecule has 14 heavy (non-hydrogen) atoms. The van der Waals surface area contributed by atoms with Gasteiger partial charge in [0.2, 0.25) is 0 Å². The third-order valence-corrected chi connectivity index (χ3v) is 3.55. The van der Waals surface area contributed by atoms with E-state index in [4.69, 9.17) is 5.73 Å². The summed E-state index contributed by atoms with van der Waals surface area (Å²) in [6, 6.07) is 0.0710. The third kappa shape index (κ3) is 2.32. The van der Waals surface area contributed by atoms with Gasteiger partial charge >= 0.3 is 0 Å². The maximum absolute atomic E-state index is 5.77. The Morgan fingerprint density at radius 1 is 1.79 bits per heavy atom. The van der Waals surface area contributed by atoms with E-state index in [1.54, 1.807) is 11.3 Å². The highest BCUT2D eigenvalue weighted by Crippen LogP contribution is 2.20. The van der Waals surface area contributed by atoms with Gasteiger partial charge in [-0.3, -0.25) is 0 Å². The molecule has 3 nitrogen and oxygen atoms in total. The van der Waals surface area contributed by atoms with Gasteiger partial charge in [-0.15, -0.1) is 11.3 Å². The Bertz CT molecular complexity index is 289. The predicted molar refractivity (Wildman–Crippen MR) is 59.4 cm³/mol. The van der Waals surface area contributed by atoms with Crippen LogP contribution in [0.3, 0.4) is 0 Å². The summed E-state index contributed by atoms with van der Waals surface area (Å²) in [5, 5.41) is 6.70. The Morgan fingerprint density at radius 3 is 3.21 bits per heavy atom. The van der Waals surface area contributed by atoms with E-state index in [1.165, 1.54) is 11.4 Å². The van der Waals surface area contributed by atoms with E-state index in [0.29, 0.717) is 0 Å². The molecule has 2 unspecified atom stereocenters. The standard InChI is InChI=1S/C10H17N3S/c1-7(11)9-6-14-10(13-9)4-8-2-3-12-5-8/h6-8,12H,2-5,11H2,1H3. The van der Waals surface area contributed by atoms with Crippen molar-refractivity contribution in [3.8, 4) is 0 Å². The second-order valence-electron chi connectivity index (χ2n) is 4.02. The molecule has 2 rings (SSSR count). The molecule has 2 atom stereocenters. The zero-order chi connectivity index (χ0) is 9.97. The van der Waals surface area contributed by atoms with Crippen molar-refractivity contribution < 1.29 is 0 Å². The molecule has 4 heteroatoms. The minimum atomic E-state index is 0.0710. The van der Waals surface area contributed by atoms with Gasteiger partial charge in [0.05, 0.1) is 10.7 Å². The summed E-state index contributed by atoms with van der Waals surface area (Å²) in [5.74, 6) is 0.780. The van der Waals surface area contributed by atoms with Crippen LogP contribution in [0.1, 0.15) is 30.1 Å². The quantitative estimate of drug-likeness (QED) is 0.792. The molecule has 0 spiro atoms. The van der Waals surface area contributed by atoms with Crippen LogP contribution in [0, 0.1) is 5.92 Å². The van der Waals surface area contributed by atoms with Crippen LogP contribution < -0.4 is 11.1 Å². The van der Waals surface area contributed by atoms with E-state index < -0.39 is 0 Å². The highest BCUT2D eigenvalue weighted by Gasteiger charge is 2.16. The fourth-order valence-corrected chi connectivity index (χ4v) is 2.78.